The Morgan fingerprint density at radius 1 is 1.19 bits per heavy atom. The number of nitrogens with zero attached hydrogens (tertiary/aromatic N) is 2. The van der Waals surface area contributed by atoms with Gasteiger partial charge in [0.1, 0.15) is 0 Å². The molecule has 1 amide bonds. The highest BCUT2D eigenvalue weighted by atomic mass is 16.1. The molecule has 0 fully saturated rings. The number of pyridine rings is 1. The molecule has 0 aliphatic carbocycles. The normalized spacial score (nSPS) is 10.3. The Labute approximate surface area is 120 Å². The van der Waals surface area contributed by atoms with Crippen molar-refractivity contribution in [3.05, 3.63) is 77.0 Å². The average molecular weight is 280 g/mol. The first-order valence-corrected chi connectivity index (χ1v) is 6.32. The summed E-state index contributed by atoms with van der Waals surface area (Å²) >= 11 is 0. The first-order valence-electron chi connectivity index (χ1n) is 6.32. The largest absolute Gasteiger partial charge is 0.328 e. The van der Waals surface area contributed by atoms with Gasteiger partial charge in [0.2, 0.25) is 5.56 Å². The van der Waals surface area contributed by atoms with Gasteiger partial charge < -0.3 is 10.3 Å². The van der Waals surface area contributed by atoms with Crippen molar-refractivity contribution >= 4 is 11.6 Å². The summed E-state index contributed by atoms with van der Waals surface area (Å²) in [5.74, 6) is -0.288. The van der Waals surface area contributed by atoms with Gasteiger partial charge in [0.15, 0.2) is 0 Å². The number of hydrogen-bond acceptors (Lipinski definition) is 3. The van der Waals surface area contributed by atoms with Crippen molar-refractivity contribution in [2.45, 2.75) is 0 Å². The van der Waals surface area contributed by atoms with E-state index >= 15 is 0 Å². The molecule has 2 aromatic heterocycles. The van der Waals surface area contributed by atoms with Crippen molar-refractivity contribution in [3.63, 3.8) is 0 Å². The van der Waals surface area contributed by atoms with E-state index in [2.05, 4.69) is 15.4 Å². The van der Waals surface area contributed by atoms with Crippen LogP contribution in [0.2, 0.25) is 0 Å². The Hall–Kier alpha value is -3.15. The molecular weight excluding hydrogens is 268 g/mol. The zero-order chi connectivity index (χ0) is 14.7. The molecule has 2 N–H and O–H groups in total. The molecule has 0 aliphatic rings. The molecule has 0 unspecified atom stereocenters. The molecule has 6 nitrogen and oxygen atoms in total. The topological polar surface area (TPSA) is 79.8 Å². The van der Waals surface area contributed by atoms with Gasteiger partial charge in [-0.2, -0.15) is 5.10 Å². The molecule has 3 aromatic rings. The minimum absolute atomic E-state index is 0.243. The van der Waals surface area contributed by atoms with Crippen LogP contribution in [-0.2, 0) is 0 Å². The lowest BCUT2D eigenvalue weighted by Gasteiger charge is -2.07. The minimum atomic E-state index is -0.288. The second-order valence-corrected chi connectivity index (χ2v) is 4.40. The van der Waals surface area contributed by atoms with Crippen LogP contribution in [0, 0.1) is 0 Å². The van der Waals surface area contributed by atoms with Crippen LogP contribution >= 0.6 is 0 Å². The molecule has 1 aromatic carbocycles. The van der Waals surface area contributed by atoms with Gasteiger partial charge in [-0.3, -0.25) is 9.59 Å². The van der Waals surface area contributed by atoms with Gasteiger partial charge in [-0.25, -0.2) is 4.68 Å². The van der Waals surface area contributed by atoms with E-state index in [0.29, 0.717) is 11.3 Å². The summed E-state index contributed by atoms with van der Waals surface area (Å²) in [6, 6.07) is 11.9. The monoisotopic (exact) mass is 280 g/mol. The Kier molecular flexibility index (Phi) is 3.34. The lowest BCUT2D eigenvalue weighted by atomic mass is 10.2. The molecule has 0 spiro atoms. The van der Waals surface area contributed by atoms with E-state index in [0.717, 1.165) is 5.69 Å². The maximum Gasteiger partial charge on any atom is 0.257 e. The van der Waals surface area contributed by atoms with E-state index in [4.69, 9.17) is 0 Å². The first kappa shape index (κ1) is 12.9. The summed E-state index contributed by atoms with van der Waals surface area (Å²) in [6.45, 7) is 0. The second kappa shape index (κ2) is 5.46. The predicted octanol–water partition coefficient (Wildman–Crippen LogP) is 1.81. The van der Waals surface area contributed by atoms with Gasteiger partial charge in [-0.05, 0) is 30.3 Å². The summed E-state index contributed by atoms with van der Waals surface area (Å²) < 4.78 is 1.70. The molecule has 21 heavy (non-hydrogen) atoms. The molecule has 6 heteroatoms. The number of aromatic nitrogens is 3. The van der Waals surface area contributed by atoms with E-state index in [9.17, 15) is 9.59 Å². The molecule has 0 saturated carbocycles. The molecule has 0 radical (unpaired) electrons. The Balaban J connectivity index is 1.82. The number of hydrogen-bond donors (Lipinski definition) is 2. The van der Waals surface area contributed by atoms with Crippen LogP contribution < -0.4 is 10.9 Å². The zero-order valence-corrected chi connectivity index (χ0v) is 11.0. The SMILES string of the molecule is O=C(Nc1cccc(-n2cccn2)c1)c1ccc(=O)[nH]c1. The highest BCUT2D eigenvalue weighted by Crippen LogP contribution is 2.14. The molecule has 0 bridgehead atoms. The van der Waals surface area contributed by atoms with E-state index < -0.39 is 0 Å². The summed E-state index contributed by atoms with van der Waals surface area (Å²) in [5.41, 5.74) is 1.64. The number of rotatable bonds is 3. The van der Waals surface area contributed by atoms with Gasteiger partial charge >= 0.3 is 0 Å². The van der Waals surface area contributed by atoms with Crippen molar-refractivity contribution in [2.24, 2.45) is 0 Å². The number of carbonyl (C=O) groups excluding carboxylic acids is 1. The number of benzene rings is 1. The van der Waals surface area contributed by atoms with Crippen molar-refractivity contribution < 1.29 is 4.79 Å². The molecule has 0 atom stereocenters. The number of nitrogens with one attached hydrogen (secondary N) is 2. The first-order chi connectivity index (χ1) is 10.2. The maximum absolute atomic E-state index is 12.1. The van der Waals surface area contributed by atoms with Crippen LogP contribution in [0.4, 0.5) is 5.69 Å². The van der Waals surface area contributed by atoms with E-state index in [-0.39, 0.29) is 11.5 Å². The fourth-order valence-corrected chi connectivity index (χ4v) is 1.90. The average Bonchev–Trinajstić information content (AvgIpc) is 3.02. The van der Waals surface area contributed by atoms with Crippen molar-refractivity contribution in [2.75, 3.05) is 5.32 Å². The highest BCUT2D eigenvalue weighted by Gasteiger charge is 2.06. The molecule has 2 heterocycles. The third-order valence-corrected chi connectivity index (χ3v) is 2.92. The predicted molar refractivity (Wildman–Crippen MR) is 78.6 cm³/mol. The minimum Gasteiger partial charge on any atom is -0.328 e. The highest BCUT2D eigenvalue weighted by molar-refractivity contribution is 6.04. The van der Waals surface area contributed by atoms with Crippen molar-refractivity contribution in [3.8, 4) is 5.69 Å². The molecule has 0 aliphatic heterocycles. The lowest BCUT2D eigenvalue weighted by molar-refractivity contribution is 0.102. The Bertz CT molecular complexity index is 801. The summed E-state index contributed by atoms with van der Waals surface area (Å²) in [6.07, 6.45) is 4.89. The number of carbonyl (C=O) groups is 1. The maximum atomic E-state index is 12.1. The number of anilines is 1. The Morgan fingerprint density at radius 3 is 2.81 bits per heavy atom. The number of H-pyrrole nitrogens is 1. The summed E-state index contributed by atoms with van der Waals surface area (Å²) in [7, 11) is 0. The van der Waals surface area contributed by atoms with Crippen LogP contribution in [0.1, 0.15) is 10.4 Å². The molecule has 3 rings (SSSR count). The van der Waals surface area contributed by atoms with Gasteiger partial charge in [0, 0.05) is 30.3 Å². The van der Waals surface area contributed by atoms with Crippen LogP contribution in [0.5, 0.6) is 0 Å². The summed E-state index contributed by atoms with van der Waals surface area (Å²) in [4.78, 5) is 25.5. The standard InChI is InChI=1S/C15H12N4O2/c20-14-6-5-11(10-16-14)15(21)18-12-3-1-4-13(9-12)19-8-2-7-17-19/h1-10H,(H,16,20)(H,18,21). The zero-order valence-electron chi connectivity index (χ0n) is 11.0. The molecule has 104 valence electrons. The smallest absolute Gasteiger partial charge is 0.257 e. The van der Waals surface area contributed by atoms with Crippen LogP contribution in [0.15, 0.2) is 65.8 Å². The van der Waals surface area contributed by atoms with E-state index in [1.165, 1.54) is 18.3 Å². The van der Waals surface area contributed by atoms with Gasteiger partial charge in [-0.15, -0.1) is 0 Å². The van der Waals surface area contributed by atoms with Gasteiger partial charge in [0.25, 0.3) is 5.91 Å². The molecule has 0 saturated heterocycles. The van der Waals surface area contributed by atoms with E-state index in [1.807, 2.05) is 30.5 Å². The third-order valence-electron chi connectivity index (χ3n) is 2.92. The Morgan fingerprint density at radius 2 is 2.10 bits per heavy atom. The quantitative estimate of drug-likeness (QED) is 0.768. The van der Waals surface area contributed by atoms with E-state index in [1.54, 1.807) is 16.9 Å². The van der Waals surface area contributed by atoms with Crippen LogP contribution in [0.3, 0.4) is 0 Å². The number of aromatic amines is 1. The lowest BCUT2D eigenvalue weighted by Crippen LogP contribution is -2.14. The summed E-state index contributed by atoms with van der Waals surface area (Å²) in [5, 5.41) is 6.92. The molecular formula is C15H12N4O2. The fraction of sp³-hybridized carbons (Fsp3) is 0. The number of amides is 1. The fourth-order valence-electron chi connectivity index (χ4n) is 1.90. The van der Waals surface area contributed by atoms with Gasteiger partial charge in [0.05, 0.1) is 11.3 Å². The van der Waals surface area contributed by atoms with Gasteiger partial charge in [-0.1, -0.05) is 6.07 Å². The van der Waals surface area contributed by atoms with Crippen LogP contribution in [-0.4, -0.2) is 20.7 Å². The third kappa shape index (κ3) is 2.89. The van der Waals surface area contributed by atoms with Crippen molar-refractivity contribution in [1.29, 1.82) is 0 Å². The van der Waals surface area contributed by atoms with Crippen LogP contribution in [0.25, 0.3) is 5.69 Å². The van der Waals surface area contributed by atoms with Crippen molar-refractivity contribution in [1.82, 2.24) is 14.8 Å². The second-order valence-electron chi connectivity index (χ2n) is 4.40.